The summed E-state index contributed by atoms with van der Waals surface area (Å²) in [6, 6.07) is -0.904. The van der Waals surface area contributed by atoms with Crippen LogP contribution in [0, 0.1) is 0 Å². The fourth-order valence-corrected chi connectivity index (χ4v) is 9.27. The molecular weight excluding hydrogens is 952 g/mol. The number of nitrogens with one attached hydrogen (secondary N) is 1. The zero-order valence-electron chi connectivity index (χ0n) is 49.5. The molecule has 434 valence electrons. The first kappa shape index (κ1) is 72.2. The molecule has 1 amide bonds. The average Bonchev–Trinajstić information content (AvgIpc) is 3.37. The topological polar surface area (TPSA) is 114 Å². The number of quaternary nitrogens is 1. The number of nitrogens with zero attached hydrogens (tertiary/aromatic N) is 1. The third-order valence-electron chi connectivity index (χ3n) is 13.3. The van der Waals surface area contributed by atoms with Gasteiger partial charge in [0.15, 0.2) is 0 Å². The maximum Gasteiger partial charge on any atom is 0.306 e. The highest BCUT2D eigenvalue weighted by Gasteiger charge is 2.27. The maximum atomic E-state index is 13.5. The molecule has 0 heterocycles. The highest BCUT2D eigenvalue weighted by atomic mass is 31.2. The molecule has 0 aliphatic heterocycles. The van der Waals surface area contributed by atoms with Crippen LogP contribution < -0.4 is 10.2 Å². The van der Waals surface area contributed by atoms with E-state index in [0.717, 1.165) is 103 Å². The summed E-state index contributed by atoms with van der Waals surface area (Å²) in [6.45, 7) is 6.70. The molecule has 0 aliphatic rings. The molecule has 0 saturated heterocycles. The van der Waals surface area contributed by atoms with E-state index >= 15 is 0 Å². The Hall–Kier alpha value is -2.81. The lowest BCUT2D eigenvalue weighted by atomic mass is 10.0. The molecule has 0 spiro atoms. The number of carbonyl (C=O) groups excluding carboxylic acids is 2. The summed E-state index contributed by atoms with van der Waals surface area (Å²) in [7, 11) is 1.16. The van der Waals surface area contributed by atoms with E-state index < -0.39 is 26.6 Å². The number of ether oxygens (including phenoxy) is 1. The monoisotopic (exact) mass is 1070 g/mol. The van der Waals surface area contributed by atoms with Crippen molar-refractivity contribution in [3.8, 4) is 0 Å². The number of amides is 1. The minimum Gasteiger partial charge on any atom is -0.756 e. The van der Waals surface area contributed by atoms with Gasteiger partial charge in [-0.2, -0.15) is 0 Å². The first-order valence-electron chi connectivity index (χ1n) is 30.9. The zero-order chi connectivity index (χ0) is 55.0. The van der Waals surface area contributed by atoms with E-state index in [0.29, 0.717) is 30.3 Å². The predicted molar refractivity (Wildman–Crippen MR) is 321 cm³/mol. The van der Waals surface area contributed by atoms with E-state index in [-0.39, 0.29) is 24.9 Å². The normalized spacial score (nSPS) is 14.3. The second-order valence-corrected chi connectivity index (χ2v) is 23.2. The van der Waals surface area contributed by atoms with Crippen molar-refractivity contribution in [2.45, 2.75) is 277 Å². The smallest absolute Gasteiger partial charge is 0.306 e. The van der Waals surface area contributed by atoms with Crippen LogP contribution in [0.2, 0.25) is 0 Å². The van der Waals surface area contributed by atoms with E-state index in [1.54, 1.807) is 0 Å². The van der Waals surface area contributed by atoms with Gasteiger partial charge < -0.3 is 28.5 Å². The van der Waals surface area contributed by atoms with Crippen molar-refractivity contribution in [3.63, 3.8) is 0 Å². The first-order chi connectivity index (χ1) is 36.4. The van der Waals surface area contributed by atoms with Crippen LogP contribution in [-0.2, 0) is 27.9 Å². The summed E-state index contributed by atoms with van der Waals surface area (Å²) in [5.41, 5.74) is 0. The summed E-state index contributed by atoms with van der Waals surface area (Å²) >= 11 is 0. The molecule has 0 aromatic carbocycles. The highest BCUT2D eigenvalue weighted by Crippen LogP contribution is 2.38. The van der Waals surface area contributed by atoms with Crippen molar-refractivity contribution in [1.82, 2.24) is 5.32 Å². The Labute approximate surface area is 463 Å². The molecule has 0 aliphatic carbocycles. The molecule has 0 radical (unpaired) electrons. The van der Waals surface area contributed by atoms with Crippen molar-refractivity contribution in [1.29, 1.82) is 0 Å². The molecule has 0 bridgehead atoms. The summed E-state index contributed by atoms with van der Waals surface area (Å²) in [5, 5.41) is 3.01. The fourth-order valence-electron chi connectivity index (χ4n) is 8.54. The summed E-state index contributed by atoms with van der Waals surface area (Å²) in [6.07, 6.45) is 71.2. The molecule has 3 unspecified atom stereocenters. The van der Waals surface area contributed by atoms with Gasteiger partial charge in [-0.3, -0.25) is 14.2 Å². The highest BCUT2D eigenvalue weighted by molar-refractivity contribution is 7.45. The SMILES string of the molecule is CC/C=C\C/C=C\C/C=C\C/C=C\C/C=C\CCCCCCCCCC(=O)OC(/C=C\CCCCCCCCCCCCC)C(COP(=O)([O-])OCC[N+](C)(C)C)NC(=O)CCCCC/C=C\CCCCCCCC. The van der Waals surface area contributed by atoms with Crippen molar-refractivity contribution in [3.05, 3.63) is 85.1 Å². The number of allylic oxidation sites excluding steroid dienone is 13. The van der Waals surface area contributed by atoms with Gasteiger partial charge in [-0.25, -0.2) is 0 Å². The number of carbonyl (C=O) groups is 2. The lowest BCUT2D eigenvalue weighted by Gasteiger charge is -2.30. The minimum atomic E-state index is -4.71. The second-order valence-electron chi connectivity index (χ2n) is 21.8. The molecule has 10 heteroatoms. The van der Waals surface area contributed by atoms with E-state index in [1.165, 1.54) is 116 Å². The van der Waals surface area contributed by atoms with Crippen LogP contribution in [0.15, 0.2) is 85.1 Å². The zero-order valence-corrected chi connectivity index (χ0v) is 50.4. The number of hydrogen-bond donors (Lipinski definition) is 1. The lowest BCUT2D eigenvalue weighted by molar-refractivity contribution is -0.870. The van der Waals surface area contributed by atoms with Gasteiger partial charge in [-0.15, -0.1) is 0 Å². The largest absolute Gasteiger partial charge is 0.756 e. The third kappa shape index (κ3) is 55.7. The first-order valence-corrected chi connectivity index (χ1v) is 32.4. The van der Waals surface area contributed by atoms with Crippen molar-refractivity contribution in [2.24, 2.45) is 0 Å². The fraction of sp³-hybridized carbons (Fsp3) is 0.754. The van der Waals surface area contributed by atoms with Gasteiger partial charge in [-0.05, 0) is 102 Å². The number of esters is 1. The molecule has 9 nitrogen and oxygen atoms in total. The Morgan fingerprint density at radius 2 is 0.853 bits per heavy atom. The van der Waals surface area contributed by atoms with Crippen LogP contribution in [0.4, 0.5) is 0 Å². The average molecular weight is 1070 g/mol. The standard InChI is InChI=1S/C65H117N2O7P/c1-7-10-13-16-19-22-25-28-29-30-31-32-33-34-35-36-37-40-43-46-49-52-55-58-65(69)74-63(56-53-50-47-44-41-38-26-23-20-17-14-11-8-2)62(61-73-75(70,71)72-60-59-67(4,5)6)66-64(68)57-54-51-48-45-42-39-27-24-21-18-15-12-9-3/h10,13,19,22,28-29,31-32,34-35,39,42,53,56,62-63H,7-9,11-12,14-18,20-21,23-27,30,33,36-38,40-41,43-52,54-55,57-61H2,1-6H3,(H-,66,68,70,71)/b13-10-,22-19-,29-28-,32-31-,35-34-,42-39-,56-53-. The number of likely N-dealkylation sites (N-methyl/N-ethyl adjacent to an activating group) is 1. The third-order valence-corrected chi connectivity index (χ3v) is 14.3. The van der Waals surface area contributed by atoms with Crippen molar-refractivity contribution in [2.75, 3.05) is 40.9 Å². The molecule has 0 saturated carbocycles. The molecule has 3 atom stereocenters. The number of unbranched alkanes of at least 4 members (excludes halogenated alkanes) is 27. The van der Waals surface area contributed by atoms with E-state index in [1.807, 2.05) is 33.3 Å². The van der Waals surface area contributed by atoms with Gasteiger partial charge in [0, 0.05) is 12.8 Å². The molecule has 0 aromatic rings. The number of phosphoric ester groups is 1. The Bertz CT molecular complexity index is 1560. The predicted octanol–water partition coefficient (Wildman–Crippen LogP) is 18.4. The Morgan fingerprint density at radius 3 is 1.31 bits per heavy atom. The molecule has 75 heavy (non-hydrogen) atoms. The second kappa shape index (κ2) is 54.5. The molecule has 0 fully saturated rings. The van der Waals surface area contributed by atoms with Crippen LogP contribution >= 0.6 is 7.82 Å². The Balaban J connectivity index is 5.27. The van der Waals surface area contributed by atoms with Crippen LogP contribution in [0.5, 0.6) is 0 Å². The lowest BCUT2D eigenvalue weighted by Crippen LogP contribution is -2.47. The molecule has 0 aromatic heterocycles. The van der Waals surface area contributed by atoms with Crippen LogP contribution in [0.25, 0.3) is 0 Å². The number of phosphoric acid groups is 1. The Kier molecular flexibility index (Phi) is 52.5. The maximum absolute atomic E-state index is 13.5. The molecule has 1 N–H and O–H groups in total. The van der Waals surface area contributed by atoms with Crippen LogP contribution in [0.3, 0.4) is 0 Å². The van der Waals surface area contributed by atoms with Gasteiger partial charge >= 0.3 is 5.97 Å². The van der Waals surface area contributed by atoms with Crippen molar-refractivity contribution >= 4 is 19.7 Å². The minimum absolute atomic E-state index is 0.0298. The van der Waals surface area contributed by atoms with Gasteiger partial charge in [0.05, 0.1) is 33.8 Å². The Morgan fingerprint density at radius 1 is 0.480 bits per heavy atom. The van der Waals surface area contributed by atoms with Crippen LogP contribution in [0.1, 0.15) is 265 Å². The van der Waals surface area contributed by atoms with Crippen molar-refractivity contribution < 1.29 is 37.3 Å². The quantitative estimate of drug-likeness (QED) is 0.0212. The summed E-state index contributed by atoms with van der Waals surface area (Å²) in [4.78, 5) is 39.9. The number of hydrogen-bond acceptors (Lipinski definition) is 7. The van der Waals surface area contributed by atoms with E-state index in [2.05, 4.69) is 99.0 Å². The summed E-state index contributed by atoms with van der Waals surface area (Å²) in [5.74, 6) is -0.573. The van der Waals surface area contributed by atoms with Gasteiger partial charge in [0.1, 0.15) is 19.3 Å². The number of rotatable bonds is 55. The van der Waals surface area contributed by atoms with Gasteiger partial charge in [0.2, 0.25) is 5.91 Å². The van der Waals surface area contributed by atoms with Gasteiger partial charge in [0.25, 0.3) is 7.82 Å². The molecular formula is C65H117N2O7P. The van der Waals surface area contributed by atoms with Gasteiger partial charge in [-0.1, -0.05) is 235 Å². The van der Waals surface area contributed by atoms with Crippen LogP contribution in [-0.4, -0.2) is 69.4 Å². The summed E-state index contributed by atoms with van der Waals surface area (Å²) < 4.78 is 30.3. The van der Waals surface area contributed by atoms with E-state index in [9.17, 15) is 19.0 Å². The molecule has 0 rings (SSSR count). The van der Waals surface area contributed by atoms with E-state index in [4.69, 9.17) is 13.8 Å².